The van der Waals surface area contributed by atoms with Crippen LogP contribution in [0.3, 0.4) is 0 Å². The predicted molar refractivity (Wildman–Crippen MR) is 81.0 cm³/mol. The van der Waals surface area contributed by atoms with Crippen molar-refractivity contribution in [2.75, 3.05) is 0 Å². The summed E-state index contributed by atoms with van der Waals surface area (Å²) in [5.41, 5.74) is 1.14. The predicted octanol–water partition coefficient (Wildman–Crippen LogP) is 3.45. The summed E-state index contributed by atoms with van der Waals surface area (Å²) in [6.07, 6.45) is 2.23. The first kappa shape index (κ1) is 17.8. The zero-order chi connectivity index (χ0) is 18.3. The number of benzene rings is 1. The number of nitrogens with one attached hydrogen (secondary N) is 1. The number of oxime groups is 1. The minimum absolute atomic E-state index is 0.0598. The first-order valence-corrected chi connectivity index (χ1v) is 7.93. The van der Waals surface area contributed by atoms with Crippen LogP contribution in [0.5, 0.6) is 0 Å². The van der Waals surface area contributed by atoms with Gasteiger partial charge >= 0.3 is 17.2 Å². The standard InChI is InChI=1S/C15H14ClF4N3O2/c16-15(19,20)14(17,18)12(24)21-23-11(10-6-2-1-3-7-10)22-25-13(23)8-4-5-9-13/h1-3,6-7H,4-5,8-9H2,(H,21,24). The molecular formula is C15H14ClF4N3O2. The summed E-state index contributed by atoms with van der Waals surface area (Å²) < 4.78 is 52.9. The Kier molecular flexibility index (Phi) is 4.30. The molecule has 1 heterocycles. The van der Waals surface area contributed by atoms with E-state index in [0.29, 0.717) is 31.2 Å². The molecule has 136 valence electrons. The van der Waals surface area contributed by atoms with E-state index in [9.17, 15) is 22.4 Å². The Bertz CT molecular complexity index is 688. The van der Waals surface area contributed by atoms with E-state index < -0.39 is 22.9 Å². The summed E-state index contributed by atoms with van der Waals surface area (Å²) in [6, 6.07) is 8.35. The molecule has 0 atom stereocenters. The summed E-state index contributed by atoms with van der Waals surface area (Å²) in [5, 5.41) is -0.133. The van der Waals surface area contributed by atoms with E-state index in [0.717, 1.165) is 5.01 Å². The van der Waals surface area contributed by atoms with Crippen molar-refractivity contribution in [1.29, 1.82) is 0 Å². The van der Waals surface area contributed by atoms with Crippen LogP contribution in [0.4, 0.5) is 17.6 Å². The number of hydrogen-bond acceptors (Lipinski definition) is 4. The Morgan fingerprint density at radius 1 is 1.20 bits per heavy atom. The van der Waals surface area contributed by atoms with E-state index in [2.05, 4.69) is 16.8 Å². The number of carbonyl (C=O) groups is 1. The molecule has 1 fully saturated rings. The Balaban J connectivity index is 1.91. The van der Waals surface area contributed by atoms with Crippen LogP contribution in [-0.4, -0.2) is 33.8 Å². The molecule has 1 aromatic carbocycles. The smallest absolute Gasteiger partial charge is 0.363 e. The lowest BCUT2D eigenvalue weighted by Crippen LogP contribution is -2.61. The maximum Gasteiger partial charge on any atom is 0.402 e. The third-order valence-electron chi connectivity index (χ3n) is 4.19. The van der Waals surface area contributed by atoms with Crippen molar-refractivity contribution < 1.29 is 27.2 Å². The maximum atomic E-state index is 13.6. The van der Waals surface area contributed by atoms with Crippen LogP contribution >= 0.6 is 11.6 Å². The fourth-order valence-electron chi connectivity index (χ4n) is 2.87. The van der Waals surface area contributed by atoms with Crippen LogP contribution in [0.25, 0.3) is 0 Å². The largest absolute Gasteiger partial charge is 0.402 e. The molecule has 0 bridgehead atoms. The molecule has 1 saturated carbocycles. The second-order valence-corrected chi connectivity index (χ2v) is 6.35. The number of halogens is 5. The number of nitrogens with zero attached hydrogens (tertiary/aromatic N) is 2. The van der Waals surface area contributed by atoms with Crippen LogP contribution in [-0.2, 0) is 9.63 Å². The Morgan fingerprint density at radius 2 is 1.80 bits per heavy atom. The van der Waals surface area contributed by atoms with Gasteiger partial charge in [-0.25, -0.2) is 5.01 Å². The van der Waals surface area contributed by atoms with Gasteiger partial charge in [0.15, 0.2) is 5.84 Å². The van der Waals surface area contributed by atoms with Crippen molar-refractivity contribution in [2.24, 2.45) is 5.16 Å². The van der Waals surface area contributed by atoms with Gasteiger partial charge in [-0.15, -0.1) is 0 Å². The average molecular weight is 380 g/mol. The van der Waals surface area contributed by atoms with Crippen LogP contribution in [0.1, 0.15) is 31.2 Å². The number of hydrogen-bond donors (Lipinski definition) is 1. The number of rotatable bonds is 4. The van der Waals surface area contributed by atoms with Gasteiger partial charge in [-0.1, -0.05) is 35.5 Å². The molecule has 0 radical (unpaired) electrons. The molecule has 10 heteroatoms. The van der Waals surface area contributed by atoms with E-state index in [1.165, 1.54) is 0 Å². The highest BCUT2D eigenvalue weighted by Gasteiger charge is 2.63. The van der Waals surface area contributed by atoms with Crippen molar-refractivity contribution in [1.82, 2.24) is 10.4 Å². The quantitative estimate of drug-likeness (QED) is 0.644. The molecule has 1 spiro atoms. The van der Waals surface area contributed by atoms with Crippen molar-refractivity contribution in [3.05, 3.63) is 35.9 Å². The van der Waals surface area contributed by atoms with Crippen LogP contribution in [0, 0.1) is 0 Å². The van der Waals surface area contributed by atoms with Crippen molar-refractivity contribution in [2.45, 2.75) is 42.7 Å². The van der Waals surface area contributed by atoms with Gasteiger partial charge < -0.3 is 4.84 Å². The molecule has 1 aliphatic carbocycles. The van der Waals surface area contributed by atoms with Gasteiger partial charge in [0.1, 0.15) is 0 Å². The molecule has 0 unspecified atom stereocenters. The molecule has 1 amide bonds. The Labute approximate surface area is 145 Å². The highest BCUT2D eigenvalue weighted by molar-refractivity contribution is 6.24. The fourth-order valence-corrected chi connectivity index (χ4v) is 2.96. The molecule has 0 aromatic heterocycles. The van der Waals surface area contributed by atoms with Gasteiger partial charge in [0.05, 0.1) is 0 Å². The van der Waals surface area contributed by atoms with Crippen LogP contribution in [0.15, 0.2) is 35.5 Å². The minimum Gasteiger partial charge on any atom is -0.363 e. The number of carbonyl (C=O) groups excluding carboxylic acids is 1. The third kappa shape index (κ3) is 3.01. The molecule has 1 aliphatic heterocycles. The van der Waals surface area contributed by atoms with Gasteiger partial charge in [0.25, 0.3) is 0 Å². The third-order valence-corrected chi connectivity index (χ3v) is 4.43. The van der Waals surface area contributed by atoms with E-state index in [-0.39, 0.29) is 5.84 Å². The zero-order valence-electron chi connectivity index (χ0n) is 12.8. The maximum absolute atomic E-state index is 13.6. The van der Waals surface area contributed by atoms with Crippen molar-refractivity contribution in [3.63, 3.8) is 0 Å². The van der Waals surface area contributed by atoms with Crippen LogP contribution in [0.2, 0.25) is 0 Å². The molecular weight excluding hydrogens is 366 g/mol. The molecule has 1 N–H and O–H groups in total. The summed E-state index contributed by atoms with van der Waals surface area (Å²) >= 11 is 4.39. The summed E-state index contributed by atoms with van der Waals surface area (Å²) in [4.78, 5) is 17.2. The lowest BCUT2D eigenvalue weighted by atomic mass is 10.1. The monoisotopic (exact) mass is 379 g/mol. The first-order valence-electron chi connectivity index (χ1n) is 7.55. The Morgan fingerprint density at radius 3 is 2.36 bits per heavy atom. The van der Waals surface area contributed by atoms with Crippen molar-refractivity contribution >= 4 is 23.3 Å². The molecule has 25 heavy (non-hydrogen) atoms. The summed E-state index contributed by atoms with van der Waals surface area (Å²) in [5.74, 6) is -7.27. The van der Waals surface area contributed by atoms with Crippen molar-refractivity contribution in [3.8, 4) is 0 Å². The highest BCUT2D eigenvalue weighted by atomic mass is 35.5. The number of amidine groups is 1. The molecule has 1 aromatic rings. The molecule has 3 rings (SSSR count). The van der Waals surface area contributed by atoms with E-state index in [1.807, 2.05) is 5.43 Å². The first-order chi connectivity index (χ1) is 11.7. The normalized spacial score (nSPS) is 19.7. The zero-order valence-corrected chi connectivity index (χ0v) is 13.6. The topological polar surface area (TPSA) is 53.9 Å². The van der Waals surface area contributed by atoms with Gasteiger partial charge in [0.2, 0.25) is 5.72 Å². The second kappa shape index (κ2) is 6.05. The summed E-state index contributed by atoms with van der Waals surface area (Å²) in [6.45, 7) is 0. The second-order valence-electron chi connectivity index (χ2n) is 5.87. The SMILES string of the molecule is O=C(NN1C(c2ccccc2)=NOC12CCCC2)C(F)(F)C(F)(F)Cl. The van der Waals surface area contributed by atoms with Gasteiger partial charge in [-0.3, -0.25) is 10.2 Å². The number of amides is 1. The Hall–Kier alpha value is -2.03. The minimum atomic E-state index is -5.10. The lowest BCUT2D eigenvalue weighted by molar-refractivity contribution is -0.190. The highest BCUT2D eigenvalue weighted by Crippen LogP contribution is 2.42. The fraction of sp³-hybridized carbons (Fsp3) is 0.467. The lowest BCUT2D eigenvalue weighted by Gasteiger charge is -2.35. The summed E-state index contributed by atoms with van der Waals surface area (Å²) in [7, 11) is 0. The number of alkyl halides is 5. The molecule has 5 nitrogen and oxygen atoms in total. The van der Waals surface area contributed by atoms with Crippen LogP contribution < -0.4 is 5.43 Å². The van der Waals surface area contributed by atoms with E-state index in [4.69, 9.17) is 4.84 Å². The van der Waals surface area contributed by atoms with Gasteiger partial charge in [-0.2, -0.15) is 17.6 Å². The van der Waals surface area contributed by atoms with Gasteiger partial charge in [0, 0.05) is 18.4 Å². The van der Waals surface area contributed by atoms with E-state index in [1.54, 1.807) is 30.3 Å². The van der Waals surface area contributed by atoms with Gasteiger partial charge in [-0.05, 0) is 24.4 Å². The van der Waals surface area contributed by atoms with E-state index >= 15 is 0 Å². The molecule has 2 aliphatic rings. The number of hydrazine groups is 1. The average Bonchev–Trinajstić information content (AvgIpc) is 3.16. The molecule has 0 saturated heterocycles.